The van der Waals surface area contributed by atoms with Gasteiger partial charge in [-0.15, -0.1) is 0 Å². The number of pyridine rings is 1. The van der Waals surface area contributed by atoms with E-state index in [1.165, 1.54) is 6.33 Å². The van der Waals surface area contributed by atoms with Gasteiger partial charge in [-0.1, -0.05) is 18.2 Å². The van der Waals surface area contributed by atoms with E-state index in [4.69, 9.17) is 0 Å². The third kappa shape index (κ3) is 4.06. The van der Waals surface area contributed by atoms with E-state index in [9.17, 15) is 9.59 Å². The van der Waals surface area contributed by atoms with Crippen molar-refractivity contribution < 1.29 is 9.59 Å². The van der Waals surface area contributed by atoms with Crippen LogP contribution < -0.4 is 10.2 Å². The van der Waals surface area contributed by atoms with Crippen molar-refractivity contribution in [2.75, 3.05) is 11.4 Å². The Kier molecular flexibility index (Phi) is 5.09. The molecule has 0 saturated carbocycles. The minimum absolute atomic E-state index is 0.0645. The molecule has 28 heavy (non-hydrogen) atoms. The fourth-order valence-corrected chi connectivity index (χ4v) is 3.15. The largest absolute Gasteiger partial charge is 0.352 e. The minimum atomic E-state index is -0.0645. The molecule has 0 bridgehead atoms. The molecular formula is C20H20N6O2. The Labute approximate surface area is 162 Å². The van der Waals surface area contributed by atoms with Gasteiger partial charge in [-0.3, -0.25) is 9.59 Å². The summed E-state index contributed by atoms with van der Waals surface area (Å²) < 4.78 is 1.57. The van der Waals surface area contributed by atoms with Crippen molar-refractivity contribution in [3.63, 3.8) is 0 Å². The SMILES string of the molecule is O=C(Cc1ccc(N2CCCC2=O)cc1)NCc1ccc(-n2cncn2)nc1. The second-order valence-electron chi connectivity index (χ2n) is 6.63. The Balaban J connectivity index is 1.29. The molecule has 2 amide bonds. The van der Waals surface area contributed by atoms with Crippen LogP contribution in [-0.4, -0.2) is 38.1 Å². The second kappa shape index (κ2) is 7.99. The summed E-state index contributed by atoms with van der Waals surface area (Å²) in [4.78, 5) is 34.0. The lowest BCUT2D eigenvalue weighted by atomic mass is 10.1. The smallest absolute Gasteiger partial charge is 0.227 e. The van der Waals surface area contributed by atoms with Crippen LogP contribution >= 0.6 is 0 Å². The zero-order chi connectivity index (χ0) is 19.3. The molecule has 0 aliphatic carbocycles. The first kappa shape index (κ1) is 17.8. The third-order valence-electron chi connectivity index (χ3n) is 4.64. The van der Waals surface area contributed by atoms with Crippen molar-refractivity contribution in [2.45, 2.75) is 25.8 Å². The highest BCUT2D eigenvalue weighted by Crippen LogP contribution is 2.21. The molecule has 1 saturated heterocycles. The summed E-state index contributed by atoms with van der Waals surface area (Å²) in [6, 6.07) is 11.3. The van der Waals surface area contributed by atoms with Crippen LogP contribution in [0.4, 0.5) is 5.69 Å². The normalized spacial score (nSPS) is 13.7. The number of anilines is 1. The van der Waals surface area contributed by atoms with Gasteiger partial charge in [0.1, 0.15) is 12.7 Å². The zero-order valence-corrected chi connectivity index (χ0v) is 15.3. The lowest BCUT2D eigenvalue weighted by Crippen LogP contribution is -2.25. The number of carbonyl (C=O) groups excluding carboxylic acids is 2. The maximum atomic E-state index is 12.2. The second-order valence-corrected chi connectivity index (χ2v) is 6.63. The van der Waals surface area contributed by atoms with E-state index in [-0.39, 0.29) is 11.8 Å². The van der Waals surface area contributed by atoms with E-state index >= 15 is 0 Å². The number of hydrogen-bond donors (Lipinski definition) is 1. The minimum Gasteiger partial charge on any atom is -0.352 e. The molecule has 142 valence electrons. The molecule has 8 nitrogen and oxygen atoms in total. The lowest BCUT2D eigenvalue weighted by molar-refractivity contribution is -0.120. The van der Waals surface area contributed by atoms with Gasteiger partial charge in [-0.25, -0.2) is 14.6 Å². The monoisotopic (exact) mass is 376 g/mol. The number of amides is 2. The molecule has 0 atom stereocenters. The fraction of sp³-hybridized carbons (Fsp3) is 0.250. The average Bonchev–Trinajstić information content (AvgIpc) is 3.39. The van der Waals surface area contributed by atoms with Crippen LogP contribution in [0.5, 0.6) is 0 Å². The molecular weight excluding hydrogens is 356 g/mol. The molecule has 1 aliphatic rings. The maximum Gasteiger partial charge on any atom is 0.227 e. The van der Waals surface area contributed by atoms with E-state index in [0.29, 0.717) is 25.2 Å². The molecule has 0 unspecified atom stereocenters. The molecule has 1 fully saturated rings. The number of nitrogens with zero attached hydrogens (tertiary/aromatic N) is 5. The van der Waals surface area contributed by atoms with Crippen molar-refractivity contribution in [1.82, 2.24) is 25.1 Å². The molecule has 1 aromatic carbocycles. The quantitative estimate of drug-likeness (QED) is 0.706. The third-order valence-corrected chi connectivity index (χ3v) is 4.64. The number of rotatable bonds is 6. The topological polar surface area (TPSA) is 93.0 Å². The first-order valence-electron chi connectivity index (χ1n) is 9.15. The summed E-state index contributed by atoms with van der Waals surface area (Å²) in [7, 11) is 0. The van der Waals surface area contributed by atoms with Crippen LogP contribution in [0, 0.1) is 0 Å². The fourth-order valence-electron chi connectivity index (χ4n) is 3.15. The number of nitrogens with one attached hydrogen (secondary N) is 1. The molecule has 3 aromatic rings. The van der Waals surface area contributed by atoms with Crippen LogP contribution in [0.15, 0.2) is 55.2 Å². The highest BCUT2D eigenvalue weighted by molar-refractivity contribution is 5.95. The van der Waals surface area contributed by atoms with Gasteiger partial charge in [0.2, 0.25) is 11.8 Å². The Morgan fingerprint density at radius 2 is 1.93 bits per heavy atom. The number of benzene rings is 1. The summed E-state index contributed by atoms with van der Waals surface area (Å²) in [6.45, 7) is 1.17. The van der Waals surface area contributed by atoms with Gasteiger partial charge in [-0.2, -0.15) is 5.10 Å². The lowest BCUT2D eigenvalue weighted by Gasteiger charge is -2.15. The van der Waals surface area contributed by atoms with Crippen LogP contribution in [0.25, 0.3) is 5.82 Å². The number of carbonyl (C=O) groups is 2. The summed E-state index contributed by atoms with van der Waals surface area (Å²) in [5, 5.41) is 6.92. The summed E-state index contributed by atoms with van der Waals surface area (Å²) in [5.74, 6) is 0.767. The predicted octanol–water partition coefficient (Wildman–Crippen LogP) is 1.65. The Hall–Kier alpha value is -3.55. The van der Waals surface area contributed by atoms with Crippen molar-refractivity contribution in [2.24, 2.45) is 0 Å². The maximum absolute atomic E-state index is 12.2. The molecule has 3 heterocycles. The highest BCUT2D eigenvalue weighted by Gasteiger charge is 2.21. The Morgan fingerprint density at radius 1 is 1.11 bits per heavy atom. The van der Waals surface area contributed by atoms with Crippen molar-refractivity contribution in [3.8, 4) is 5.82 Å². The van der Waals surface area contributed by atoms with E-state index in [1.54, 1.807) is 22.1 Å². The molecule has 2 aromatic heterocycles. The summed E-state index contributed by atoms with van der Waals surface area (Å²) in [6.07, 6.45) is 6.54. The van der Waals surface area contributed by atoms with Gasteiger partial charge < -0.3 is 10.2 Å². The van der Waals surface area contributed by atoms with Gasteiger partial charge in [0.25, 0.3) is 0 Å². The van der Waals surface area contributed by atoms with Crippen LogP contribution in [-0.2, 0) is 22.6 Å². The first-order valence-corrected chi connectivity index (χ1v) is 9.15. The molecule has 0 spiro atoms. The predicted molar refractivity (Wildman–Crippen MR) is 103 cm³/mol. The number of aromatic nitrogens is 4. The Bertz CT molecular complexity index is 951. The van der Waals surface area contributed by atoms with Gasteiger partial charge in [0, 0.05) is 31.4 Å². The van der Waals surface area contributed by atoms with E-state index in [1.807, 2.05) is 36.4 Å². The molecule has 0 radical (unpaired) electrons. The molecule has 4 rings (SSSR count). The molecule has 1 N–H and O–H groups in total. The van der Waals surface area contributed by atoms with E-state index < -0.39 is 0 Å². The van der Waals surface area contributed by atoms with Crippen LogP contribution in [0.2, 0.25) is 0 Å². The van der Waals surface area contributed by atoms with Crippen molar-refractivity contribution >= 4 is 17.5 Å². The van der Waals surface area contributed by atoms with Crippen LogP contribution in [0.1, 0.15) is 24.0 Å². The first-order chi connectivity index (χ1) is 13.7. The van der Waals surface area contributed by atoms with Gasteiger partial charge in [0.05, 0.1) is 6.42 Å². The van der Waals surface area contributed by atoms with Crippen molar-refractivity contribution in [3.05, 3.63) is 66.4 Å². The summed E-state index contributed by atoms with van der Waals surface area (Å²) >= 11 is 0. The standard InChI is InChI=1S/C20H20N6O2/c27-19(10-15-3-6-17(7-4-15)25-9-1-2-20(25)28)23-12-16-5-8-18(22-11-16)26-14-21-13-24-26/h3-8,11,13-14H,1-2,9-10,12H2,(H,23,27). The Morgan fingerprint density at radius 3 is 2.57 bits per heavy atom. The van der Waals surface area contributed by atoms with E-state index in [0.717, 1.165) is 29.8 Å². The summed E-state index contributed by atoms with van der Waals surface area (Å²) in [5.41, 5.74) is 2.71. The number of hydrogen-bond acceptors (Lipinski definition) is 5. The molecule has 8 heteroatoms. The molecule has 1 aliphatic heterocycles. The zero-order valence-electron chi connectivity index (χ0n) is 15.3. The van der Waals surface area contributed by atoms with E-state index in [2.05, 4.69) is 20.4 Å². The van der Waals surface area contributed by atoms with Crippen molar-refractivity contribution in [1.29, 1.82) is 0 Å². The van der Waals surface area contributed by atoms with Gasteiger partial charge in [-0.05, 0) is 35.7 Å². The van der Waals surface area contributed by atoms with Gasteiger partial charge in [0.15, 0.2) is 5.82 Å². The van der Waals surface area contributed by atoms with Crippen LogP contribution in [0.3, 0.4) is 0 Å². The average molecular weight is 376 g/mol. The van der Waals surface area contributed by atoms with Gasteiger partial charge >= 0.3 is 0 Å². The highest BCUT2D eigenvalue weighted by atomic mass is 16.2.